The molecule has 0 aliphatic carbocycles. The smallest absolute Gasteiger partial charge is 0.308 e. The van der Waals surface area contributed by atoms with Crippen LogP contribution in [-0.4, -0.2) is 30.1 Å². The minimum Gasteiger partial charge on any atom is -0.362 e. The number of nitrogens with one attached hydrogen (secondary N) is 2. The molecule has 0 atom stereocenters. The first-order chi connectivity index (χ1) is 14.1. The van der Waals surface area contributed by atoms with Crippen LogP contribution in [0.1, 0.15) is 28.1 Å². The summed E-state index contributed by atoms with van der Waals surface area (Å²) in [5.41, 5.74) is 9.69. The number of nitrogens with zero attached hydrogens (tertiary/aromatic N) is 2. The maximum atomic E-state index is 12.3. The molecule has 0 saturated carbocycles. The summed E-state index contributed by atoms with van der Waals surface area (Å²) in [5, 5.41) is 3.93. The van der Waals surface area contributed by atoms with Crippen LogP contribution in [-0.2, 0) is 11.2 Å². The Labute approximate surface area is 168 Å². The molecule has 0 saturated heterocycles. The van der Waals surface area contributed by atoms with Crippen molar-refractivity contribution < 1.29 is 14.1 Å². The summed E-state index contributed by atoms with van der Waals surface area (Å²) in [6, 6.07) is 17.4. The van der Waals surface area contributed by atoms with E-state index in [0.29, 0.717) is 5.69 Å². The van der Waals surface area contributed by atoms with Crippen LogP contribution in [0.5, 0.6) is 0 Å². The summed E-state index contributed by atoms with van der Waals surface area (Å²) in [6.45, 7) is 2.97. The van der Waals surface area contributed by atoms with Crippen molar-refractivity contribution in [3.05, 3.63) is 71.5 Å². The molecule has 1 aromatic heterocycles. The fraction of sp³-hybridized carbons (Fsp3) is 0.227. The lowest BCUT2D eigenvalue weighted by Crippen LogP contribution is -2.47. The summed E-state index contributed by atoms with van der Waals surface area (Å²) in [6.07, 6.45) is 2.01. The molecule has 3 aromatic rings. The van der Waals surface area contributed by atoms with Crippen LogP contribution >= 0.6 is 0 Å². The van der Waals surface area contributed by atoms with Crippen molar-refractivity contribution in [2.24, 2.45) is 0 Å². The third-order valence-electron chi connectivity index (χ3n) is 4.94. The van der Waals surface area contributed by atoms with Gasteiger partial charge in [0.25, 0.3) is 5.91 Å². The minimum atomic E-state index is -0.553. The van der Waals surface area contributed by atoms with Gasteiger partial charge in [-0.3, -0.25) is 20.4 Å². The number of rotatable bonds is 4. The molecule has 0 bridgehead atoms. The standard InChI is InChI=1S/C22H22N4O3/c1-15-8-10-16(11-9-15)18-13-20(29-25-18)22(28)24-23-21(27)14-26-12-4-6-17-5-2-3-7-19(17)26/h2-3,5,7-11,13H,4,6,12,14H2,1H3,(H,23,27)(H,24,28). The SMILES string of the molecule is Cc1ccc(-c2cc(C(=O)NNC(=O)CN3CCCc4ccccc43)on2)cc1. The molecule has 2 aromatic carbocycles. The number of hydrogen-bond donors (Lipinski definition) is 2. The van der Waals surface area contributed by atoms with Crippen LogP contribution in [0.3, 0.4) is 0 Å². The predicted octanol–water partition coefficient (Wildman–Crippen LogP) is 2.86. The second-order valence-corrected chi connectivity index (χ2v) is 7.10. The predicted molar refractivity (Wildman–Crippen MR) is 109 cm³/mol. The van der Waals surface area contributed by atoms with Crippen LogP contribution in [0.25, 0.3) is 11.3 Å². The van der Waals surface area contributed by atoms with E-state index in [1.165, 1.54) is 5.56 Å². The fourth-order valence-corrected chi connectivity index (χ4v) is 3.42. The largest absolute Gasteiger partial charge is 0.362 e. The highest BCUT2D eigenvalue weighted by molar-refractivity contribution is 5.94. The molecule has 0 spiro atoms. The zero-order valence-corrected chi connectivity index (χ0v) is 16.1. The Kier molecular flexibility index (Phi) is 5.29. The van der Waals surface area contributed by atoms with Gasteiger partial charge in [0.2, 0.25) is 5.76 Å². The highest BCUT2D eigenvalue weighted by atomic mass is 16.5. The lowest BCUT2D eigenvalue weighted by atomic mass is 10.0. The molecule has 2 N–H and O–H groups in total. The van der Waals surface area contributed by atoms with Crippen molar-refractivity contribution in [3.63, 3.8) is 0 Å². The molecule has 29 heavy (non-hydrogen) atoms. The number of amides is 2. The monoisotopic (exact) mass is 390 g/mol. The Hall–Kier alpha value is -3.61. The van der Waals surface area contributed by atoms with Gasteiger partial charge in [0.1, 0.15) is 5.69 Å². The van der Waals surface area contributed by atoms with Gasteiger partial charge in [-0.25, -0.2) is 0 Å². The van der Waals surface area contributed by atoms with E-state index in [0.717, 1.165) is 36.2 Å². The van der Waals surface area contributed by atoms with Crippen LogP contribution in [0, 0.1) is 6.92 Å². The Morgan fingerprint density at radius 2 is 1.90 bits per heavy atom. The van der Waals surface area contributed by atoms with Gasteiger partial charge < -0.3 is 9.42 Å². The number of benzene rings is 2. The normalized spacial score (nSPS) is 12.9. The van der Waals surface area contributed by atoms with Crippen LogP contribution in [0.2, 0.25) is 0 Å². The highest BCUT2D eigenvalue weighted by Gasteiger charge is 2.20. The summed E-state index contributed by atoms with van der Waals surface area (Å²) in [7, 11) is 0. The number of hydrogen-bond acceptors (Lipinski definition) is 5. The highest BCUT2D eigenvalue weighted by Crippen LogP contribution is 2.26. The maximum Gasteiger partial charge on any atom is 0.308 e. The van der Waals surface area contributed by atoms with E-state index < -0.39 is 5.91 Å². The number of hydrazine groups is 1. The van der Waals surface area contributed by atoms with Crippen LogP contribution in [0.15, 0.2) is 59.1 Å². The number of carbonyl (C=O) groups excluding carboxylic acids is 2. The number of carbonyl (C=O) groups is 2. The van der Waals surface area contributed by atoms with E-state index in [1.807, 2.05) is 54.3 Å². The minimum absolute atomic E-state index is 0.0317. The van der Waals surface area contributed by atoms with Crippen molar-refractivity contribution in [2.45, 2.75) is 19.8 Å². The molecule has 7 nitrogen and oxygen atoms in total. The first-order valence-electron chi connectivity index (χ1n) is 9.56. The van der Waals surface area contributed by atoms with Crippen molar-refractivity contribution >= 4 is 17.5 Å². The van der Waals surface area contributed by atoms with Crippen molar-refractivity contribution in [2.75, 3.05) is 18.0 Å². The number of anilines is 1. The van der Waals surface area contributed by atoms with E-state index in [1.54, 1.807) is 6.07 Å². The summed E-state index contributed by atoms with van der Waals surface area (Å²) in [4.78, 5) is 26.6. The second kappa shape index (κ2) is 8.18. The average Bonchev–Trinajstić information content (AvgIpc) is 3.23. The van der Waals surface area contributed by atoms with E-state index in [9.17, 15) is 9.59 Å². The summed E-state index contributed by atoms with van der Waals surface area (Å²) in [5.74, 6) is -0.819. The van der Waals surface area contributed by atoms with Gasteiger partial charge in [0.05, 0.1) is 6.54 Å². The third-order valence-corrected chi connectivity index (χ3v) is 4.94. The molecule has 4 rings (SSSR count). The Morgan fingerprint density at radius 3 is 2.72 bits per heavy atom. The molecule has 0 unspecified atom stereocenters. The van der Waals surface area contributed by atoms with Crippen molar-refractivity contribution in [1.29, 1.82) is 0 Å². The fourth-order valence-electron chi connectivity index (χ4n) is 3.42. The number of aryl methyl sites for hydroxylation is 2. The molecular weight excluding hydrogens is 368 g/mol. The first kappa shape index (κ1) is 18.7. The molecule has 2 heterocycles. The zero-order valence-electron chi connectivity index (χ0n) is 16.1. The first-order valence-corrected chi connectivity index (χ1v) is 9.56. The Balaban J connectivity index is 1.33. The molecule has 0 radical (unpaired) electrons. The van der Waals surface area contributed by atoms with Crippen molar-refractivity contribution in [1.82, 2.24) is 16.0 Å². The molecule has 1 aliphatic heterocycles. The van der Waals surface area contributed by atoms with Crippen LogP contribution in [0.4, 0.5) is 5.69 Å². The molecular formula is C22H22N4O3. The van der Waals surface area contributed by atoms with Crippen LogP contribution < -0.4 is 15.8 Å². The second-order valence-electron chi connectivity index (χ2n) is 7.10. The lowest BCUT2D eigenvalue weighted by Gasteiger charge is -2.30. The topological polar surface area (TPSA) is 87.5 Å². The zero-order chi connectivity index (χ0) is 20.2. The third kappa shape index (κ3) is 4.29. The van der Waals surface area contributed by atoms with Gasteiger partial charge in [-0.05, 0) is 31.4 Å². The van der Waals surface area contributed by atoms with E-state index in [4.69, 9.17) is 4.52 Å². The molecule has 1 aliphatic rings. The van der Waals surface area contributed by atoms with Gasteiger partial charge in [-0.2, -0.15) is 0 Å². The Bertz CT molecular complexity index is 1030. The van der Waals surface area contributed by atoms with Gasteiger partial charge >= 0.3 is 5.91 Å². The average molecular weight is 390 g/mol. The molecule has 148 valence electrons. The maximum absolute atomic E-state index is 12.3. The number of fused-ring (bicyclic) bond motifs is 1. The molecule has 2 amide bonds. The quantitative estimate of drug-likeness (QED) is 0.669. The lowest BCUT2D eigenvalue weighted by molar-refractivity contribution is -0.120. The number of aromatic nitrogens is 1. The number of para-hydroxylation sites is 1. The van der Waals surface area contributed by atoms with E-state index >= 15 is 0 Å². The Morgan fingerprint density at radius 1 is 1.10 bits per heavy atom. The summed E-state index contributed by atoms with van der Waals surface area (Å²) >= 11 is 0. The summed E-state index contributed by atoms with van der Waals surface area (Å²) < 4.78 is 5.12. The van der Waals surface area contributed by atoms with Gasteiger partial charge in [-0.1, -0.05) is 53.2 Å². The molecule has 7 heteroatoms. The van der Waals surface area contributed by atoms with Crippen molar-refractivity contribution in [3.8, 4) is 11.3 Å². The van der Waals surface area contributed by atoms with E-state index in [-0.39, 0.29) is 18.2 Å². The van der Waals surface area contributed by atoms with Gasteiger partial charge in [0.15, 0.2) is 0 Å². The van der Waals surface area contributed by atoms with Gasteiger partial charge in [-0.15, -0.1) is 0 Å². The molecule has 0 fully saturated rings. The van der Waals surface area contributed by atoms with Gasteiger partial charge in [0, 0.05) is 23.9 Å². The van der Waals surface area contributed by atoms with E-state index in [2.05, 4.69) is 22.1 Å².